The number of aromatic hydroxyl groups is 1. The molecule has 1 aromatic carbocycles. The van der Waals surface area contributed by atoms with Gasteiger partial charge < -0.3 is 15.7 Å². The molecule has 0 spiro atoms. The Balaban J connectivity index is 2.46. The summed E-state index contributed by atoms with van der Waals surface area (Å²) in [6.45, 7) is 2.78. The molecule has 0 aliphatic rings. The zero-order valence-electron chi connectivity index (χ0n) is 10.8. The number of phenolic OH excluding ortho intramolecular Hbond substituents is 1. The van der Waals surface area contributed by atoms with Gasteiger partial charge in [0.05, 0.1) is 0 Å². The summed E-state index contributed by atoms with van der Waals surface area (Å²) in [5.41, 5.74) is 5.59. The van der Waals surface area contributed by atoms with Crippen LogP contribution in [0.5, 0.6) is 5.75 Å². The monoisotopic (exact) mass is 245 g/mol. The first kappa shape index (κ1) is 12.6. The molecule has 0 amide bonds. The number of phenols is 1. The highest BCUT2D eigenvalue weighted by atomic mass is 16.3. The van der Waals surface area contributed by atoms with Crippen molar-refractivity contribution >= 4 is 16.6 Å². The van der Waals surface area contributed by atoms with Crippen molar-refractivity contribution in [3.05, 3.63) is 30.5 Å². The van der Waals surface area contributed by atoms with Crippen LogP contribution in [0.2, 0.25) is 0 Å². The number of nitrogens with zero attached hydrogens (tertiary/aromatic N) is 2. The molecule has 3 N–H and O–H groups in total. The highest BCUT2D eigenvalue weighted by Crippen LogP contribution is 2.28. The summed E-state index contributed by atoms with van der Waals surface area (Å²) >= 11 is 0. The summed E-state index contributed by atoms with van der Waals surface area (Å²) < 4.78 is 0. The van der Waals surface area contributed by atoms with Crippen LogP contribution in [0.3, 0.4) is 0 Å². The molecule has 0 saturated carbocycles. The van der Waals surface area contributed by atoms with Crippen molar-refractivity contribution in [2.24, 2.45) is 5.73 Å². The number of fused-ring (bicyclic) bond motifs is 1. The maximum Gasteiger partial charge on any atom is 0.136 e. The third-order valence-corrected chi connectivity index (χ3v) is 3.31. The minimum atomic E-state index is 0.261. The fourth-order valence-electron chi connectivity index (χ4n) is 2.07. The van der Waals surface area contributed by atoms with Crippen LogP contribution in [0.4, 0.5) is 5.82 Å². The van der Waals surface area contributed by atoms with Crippen LogP contribution >= 0.6 is 0 Å². The zero-order chi connectivity index (χ0) is 13.1. The second-order valence-electron chi connectivity index (χ2n) is 4.58. The van der Waals surface area contributed by atoms with Gasteiger partial charge in [-0.2, -0.15) is 0 Å². The number of hydrogen-bond donors (Lipinski definition) is 2. The van der Waals surface area contributed by atoms with Crippen molar-refractivity contribution in [2.45, 2.75) is 19.4 Å². The third-order valence-electron chi connectivity index (χ3n) is 3.31. The predicted octanol–water partition coefficient (Wildman–Crippen LogP) is 2.11. The van der Waals surface area contributed by atoms with E-state index in [0.29, 0.717) is 12.6 Å². The molecule has 1 atom stereocenters. The molecule has 4 heteroatoms. The minimum Gasteiger partial charge on any atom is -0.508 e. The molecular formula is C14H19N3O. The van der Waals surface area contributed by atoms with Gasteiger partial charge in [-0.05, 0) is 43.5 Å². The van der Waals surface area contributed by atoms with Crippen LogP contribution < -0.4 is 10.6 Å². The van der Waals surface area contributed by atoms with Crippen LogP contribution in [0.1, 0.15) is 13.3 Å². The van der Waals surface area contributed by atoms with E-state index in [1.54, 1.807) is 18.3 Å². The van der Waals surface area contributed by atoms with Gasteiger partial charge in [0.25, 0.3) is 0 Å². The van der Waals surface area contributed by atoms with E-state index in [-0.39, 0.29) is 5.75 Å². The standard InChI is InChI=1S/C14H19N3O/c1-10(5-7-15)17(2)14-13-9-12(18)4-3-11(13)6-8-16-14/h3-4,6,8-10,18H,5,7,15H2,1-2H3. The quantitative estimate of drug-likeness (QED) is 0.866. The maximum atomic E-state index is 9.61. The molecule has 1 unspecified atom stereocenters. The fourth-order valence-corrected chi connectivity index (χ4v) is 2.07. The summed E-state index contributed by atoms with van der Waals surface area (Å²) in [5.74, 6) is 1.14. The summed E-state index contributed by atoms with van der Waals surface area (Å²) in [4.78, 5) is 6.53. The lowest BCUT2D eigenvalue weighted by molar-refractivity contribution is 0.476. The van der Waals surface area contributed by atoms with E-state index in [9.17, 15) is 5.11 Å². The van der Waals surface area contributed by atoms with E-state index in [0.717, 1.165) is 23.0 Å². The van der Waals surface area contributed by atoms with Crippen molar-refractivity contribution < 1.29 is 5.11 Å². The van der Waals surface area contributed by atoms with Crippen LogP contribution in [0.25, 0.3) is 10.8 Å². The number of pyridine rings is 1. The highest BCUT2D eigenvalue weighted by Gasteiger charge is 2.13. The maximum absolute atomic E-state index is 9.61. The van der Waals surface area contributed by atoms with Gasteiger partial charge in [0, 0.05) is 24.7 Å². The smallest absolute Gasteiger partial charge is 0.136 e. The molecule has 4 nitrogen and oxygen atoms in total. The lowest BCUT2D eigenvalue weighted by Gasteiger charge is -2.26. The molecule has 2 aromatic rings. The molecule has 18 heavy (non-hydrogen) atoms. The lowest BCUT2D eigenvalue weighted by atomic mass is 10.1. The first-order chi connectivity index (χ1) is 8.63. The Hall–Kier alpha value is -1.81. The Labute approximate surface area is 107 Å². The van der Waals surface area contributed by atoms with Crippen molar-refractivity contribution in [1.82, 2.24) is 4.98 Å². The average molecular weight is 245 g/mol. The van der Waals surface area contributed by atoms with E-state index in [4.69, 9.17) is 5.73 Å². The second-order valence-corrected chi connectivity index (χ2v) is 4.58. The Morgan fingerprint density at radius 2 is 2.17 bits per heavy atom. The van der Waals surface area contributed by atoms with E-state index in [1.165, 1.54) is 0 Å². The number of rotatable bonds is 4. The van der Waals surface area contributed by atoms with Gasteiger partial charge in [0.2, 0.25) is 0 Å². The number of anilines is 1. The Morgan fingerprint density at radius 1 is 1.39 bits per heavy atom. The molecule has 0 radical (unpaired) electrons. The van der Waals surface area contributed by atoms with Gasteiger partial charge >= 0.3 is 0 Å². The molecule has 0 bridgehead atoms. The largest absolute Gasteiger partial charge is 0.508 e. The van der Waals surface area contributed by atoms with Crippen molar-refractivity contribution in [2.75, 3.05) is 18.5 Å². The van der Waals surface area contributed by atoms with Gasteiger partial charge in [-0.25, -0.2) is 4.98 Å². The van der Waals surface area contributed by atoms with E-state index in [1.807, 2.05) is 19.2 Å². The summed E-state index contributed by atoms with van der Waals surface area (Å²) in [6.07, 6.45) is 2.70. The van der Waals surface area contributed by atoms with Crippen molar-refractivity contribution in [3.8, 4) is 5.75 Å². The summed E-state index contributed by atoms with van der Waals surface area (Å²) in [6, 6.07) is 7.60. The van der Waals surface area contributed by atoms with Gasteiger partial charge in [-0.15, -0.1) is 0 Å². The van der Waals surface area contributed by atoms with Crippen molar-refractivity contribution in [1.29, 1.82) is 0 Å². The normalized spacial score (nSPS) is 12.6. The zero-order valence-corrected chi connectivity index (χ0v) is 10.8. The molecular weight excluding hydrogens is 226 g/mol. The van der Waals surface area contributed by atoms with Crippen LogP contribution in [-0.4, -0.2) is 29.7 Å². The first-order valence-corrected chi connectivity index (χ1v) is 6.14. The van der Waals surface area contributed by atoms with Gasteiger partial charge in [-0.1, -0.05) is 6.07 Å². The van der Waals surface area contributed by atoms with Gasteiger partial charge in [-0.3, -0.25) is 0 Å². The Bertz CT molecular complexity index is 542. The molecule has 1 heterocycles. The van der Waals surface area contributed by atoms with E-state index < -0.39 is 0 Å². The summed E-state index contributed by atoms with van der Waals surface area (Å²) in [5, 5.41) is 11.6. The molecule has 0 aliphatic heterocycles. The Morgan fingerprint density at radius 3 is 2.89 bits per heavy atom. The molecule has 1 aromatic heterocycles. The van der Waals surface area contributed by atoms with Gasteiger partial charge in [0.15, 0.2) is 0 Å². The molecule has 2 rings (SSSR count). The second kappa shape index (κ2) is 5.23. The Kier molecular flexibility index (Phi) is 3.67. The number of aromatic nitrogens is 1. The SMILES string of the molecule is CC(CCN)N(C)c1nccc2ccc(O)cc12. The number of hydrogen-bond acceptors (Lipinski definition) is 4. The van der Waals surface area contributed by atoms with Crippen molar-refractivity contribution in [3.63, 3.8) is 0 Å². The average Bonchev–Trinajstić information content (AvgIpc) is 2.37. The minimum absolute atomic E-state index is 0.261. The number of benzene rings is 1. The number of nitrogens with two attached hydrogens (primary N) is 1. The highest BCUT2D eigenvalue weighted by molar-refractivity contribution is 5.93. The van der Waals surface area contributed by atoms with E-state index >= 15 is 0 Å². The third kappa shape index (κ3) is 2.38. The lowest BCUT2D eigenvalue weighted by Crippen LogP contribution is -2.31. The molecule has 0 aliphatic carbocycles. The van der Waals surface area contributed by atoms with Crippen LogP contribution in [0, 0.1) is 0 Å². The van der Waals surface area contributed by atoms with Gasteiger partial charge in [0.1, 0.15) is 11.6 Å². The van der Waals surface area contributed by atoms with Crippen LogP contribution in [-0.2, 0) is 0 Å². The molecule has 0 fully saturated rings. The first-order valence-electron chi connectivity index (χ1n) is 6.14. The molecule has 96 valence electrons. The summed E-state index contributed by atoms with van der Waals surface area (Å²) in [7, 11) is 2.01. The predicted molar refractivity (Wildman–Crippen MR) is 74.9 cm³/mol. The van der Waals surface area contributed by atoms with E-state index in [2.05, 4.69) is 16.8 Å². The molecule has 0 saturated heterocycles. The fraction of sp³-hybridized carbons (Fsp3) is 0.357. The topological polar surface area (TPSA) is 62.4 Å². The van der Waals surface area contributed by atoms with Crippen LogP contribution in [0.15, 0.2) is 30.5 Å².